The lowest BCUT2D eigenvalue weighted by Gasteiger charge is -2.43. The molecule has 2 amide bonds. The summed E-state index contributed by atoms with van der Waals surface area (Å²) < 4.78 is 55.3. The Kier molecular flexibility index (Phi) is 9.12. The summed E-state index contributed by atoms with van der Waals surface area (Å²) in [7, 11) is 0. The van der Waals surface area contributed by atoms with Gasteiger partial charge in [0.1, 0.15) is 24.1 Å². The molecule has 3 aromatic carbocycles. The number of carbonyl (C=O) groups excluding carboxylic acids is 2. The van der Waals surface area contributed by atoms with Crippen LogP contribution in [0.25, 0.3) is 0 Å². The first kappa shape index (κ1) is 32.8. The first-order valence-corrected chi connectivity index (χ1v) is 16.4. The van der Waals surface area contributed by atoms with Crippen LogP contribution in [0, 0.1) is 6.92 Å². The van der Waals surface area contributed by atoms with Crippen LogP contribution in [0.15, 0.2) is 79.0 Å². The fraction of sp³-hybridized carbons (Fsp3) is 0.389. The molecule has 3 atom stereocenters. The minimum Gasteiger partial charge on any atom is -0.491 e. The normalized spacial score (nSPS) is 21.6. The number of amides is 2. The third kappa shape index (κ3) is 7.18. The Balaban J connectivity index is 1.12. The molecule has 0 unspecified atom stereocenters. The zero-order valence-electron chi connectivity index (χ0n) is 27.1. The maximum atomic E-state index is 14.2. The van der Waals surface area contributed by atoms with Gasteiger partial charge in [-0.3, -0.25) is 14.5 Å². The number of hydrogen-bond donors (Lipinski definition) is 0. The van der Waals surface area contributed by atoms with Crippen molar-refractivity contribution in [2.45, 2.75) is 57.4 Å². The van der Waals surface area contributed by atoms with Gasteiger partial charge in [-0.25, -0.2) is 4.68 Å². The predicted molar refractivity (Wildman–Crippen MR) is 172 cm³/mol. The Labute approximate surface area is 282 Å². The van der Waals surface area contributed by atoms with Crippen molar-refractivity contribution < 1.29 is 32.2 Å². The van der Waals surface area contributed by atoms with Gasteiger partial charge in [-0.2, -0.15) is 13.2 Å². The predicted octanol–water partition coefficient (Wildman–Crippen LogP) is 4.56. The van der Waals surface area contributed by atoms with Crippen LogP contribution in [-0.2, 0) is 35.4 Å². The molecule has 1 aromatic heterocycles. The number of ether oxygens (including phenoxy) is 2. The van der Waals surface area contributed by atoms with Crippen LogP contribution in [0.3, 0.4) is 0 Å². The summed E-state index contributed by atoms with van der Waals surface area (Å²) in [6.07, 6.45) is -3.21. The number of aryl methyl sites for hydroxylation is 1. The van der Waals surface area contributed by atoms with Crippen LogP contribution in [0.5, 0.6) is 5.75 Å². The van der Waals surface area contributed by atoms with Gasteiger partial charge in [-0.15, -0.1) is 5.10 Å². The van der Waals surface area contributed by atoms with Gasteiger partial charge in [0.15, 0.2) is 0 Å². The van der Waals surface area contributed by atoms with E-state index in [0.717, 1.165) is 28.8 Å². The highest BCUT2D eigenvalue weighted by Crippen LogP contribution is 2.36. The third-order valence-electron chi connectivity index (χ3n) is 9.52. The Morgan fingerprint density at radius 3 is 2.53 bits per heavy atom. The summed E-state index contributed by atoms with van der Waals surface area (Å²) in [6, 6.07) is 19.7. The number of aromatic nitrogens is 3. The van der Waals surface area contributed by atoms with E-state index in [-0.39, 0.29) is 49.4 Å². The number of piperazine rings is 1. The first-order chi connectivity index (χ1) is 23.6. The second-order valence-electron chi connectivity index (χ2n) is 12.9. The molecule has 10 nitrogen and oxygen atoms in total. The van der Waals surface area contributed by atoms with Gasteiger partial charge < -0.3 is 19.3 Å². The molecular weight excluding hydrogens is 637 g/mol. The number of nitrogens with zero attached hydrogens (tertiary/aromatic N) is 6. The van der Waals surface area contributed by atoms with E-state index in [0.29, 0.717) is 38.4 Å². The fourth-order valence-corrected chi connectivity index (χ4v) is 6.89. The highest BCUT2D eigenvalue weighted by atomic mass is 19.4. The van der Waals surface area contributed by atoms with Crippen molar-refractivity contribution in [2.24, 2.45) is 0 Å². The minimum absolute atomic E-state index is 0.0287. The van der Waals surface area contributed by atoms with E-state index in [1.165, 1.54) is 11.0 Å². The van der Waals surface area contributed by atoms with Gasteiger partial charge in [-0.1, -0.05) is 59.8 Å². The van der Waals surface area contributed by atoms with Gasteiger partial charge in [0, 0.05) is 39.1 Å². The largest absolute Gasteiger partial charge is 0.491 e. The number of alkyl halides is 3. The second-order valence-corrected chi connectivity index (χ2v) is 12.9. The van der Waals surface area contributed by atoms with Crippen molar-refractivity contribution in [3.8, 4) is 5.75 Å². The molecule has 2 saturated heterocycles. The van der Waals surface area contributed by atoms with Gasteiger partial charge in [0.05, 0.1) is 42.6 Å². The molecule has 0 aliphatic carbocycles. The molecule has 4 aromatic rings. The van der Waals surface area contributed by atoms with Gasteiger partial charge in [0.2, 0.25) is 5.91 Å². The Morgan fingerprint density at radius 1 is 0.939 bits per heavy atom. The maximum Gasteiger partial charge on any atom is 0.416 e. The third-order valence-corrected chi connectivity index (χ3v) is 9.52. The van der Waals surface area contributed by atoms with Crippen LogP contribution in [0.4, 0.5) is 13.2 Å². The number of halogens is 3. The molecule has 49 heavy (non-hydrogen) atoms. The minimum atomic E-state index is -4.66. The number of fused-ring (bicyclic) bond motifs is 3. The number of rotatable bonds is 7. The summed E-state index contributed by atoms with van der Waals surface area (Å²) >= 11 is 0. The topological polar surface area (TPSA) is 93.0 Å². The zero-order chi connectivity index (χ0) is 34.1. The summed E-state index contributed by atoms with van der Waals surface area (Å²) in [6.45, 7) is 4.98. The number of hydrogen-bond acceptors (Lipinski definition) is 7. The van der Waals surface area contributed by atoms with Gasteiger partial charge >= 0.3 is 6.18 Å². The summed E-state index contributed by atoms with van der Waals surface area (Å²) in [5, 5.41) is 8.46. The van der Waals surface area contributed by atoms with E-state index >= 15 is 0 Å². The van der Waals surface area contributed by atoms with E-state index in [1.54, 1.807) is 15.8 Å². The zero-order valence-corrected chi connectivity index (χ0v) is 27.1. The fourth-order valence-electron chi connectivity index (χ4n) is 6.89. The average molecular weight is 675 g/mol. The summed E-state index contributed by atoms with van der Waals surface area (Å²) in [5.41, 5.74) is 2.79. The lowest BCUT2D eigenvalue weighted by Crippen LogP contribution is -2.61. The van der Waals surface area contributed by atoms with Crippen LogP contribution < -0.4 is 4.74 Å². The van der Waals surface area contributed by atoms with Crippen LogP contribution >= 0.6 is 0 Å². The van der Waals surface area contributed by atoms with Crippen molar-refractivity contribution in [1.82, 2.24) is 29.7 Å². The lowest BCUT2D eigenvalue weighted by atomic mass is 10.0. The highest BCUT2D eigenvalue weighted by molar-refractivity contribution is 6.00. The van der Waals surface area contributed by atoms with Crippen molar-refractivity contribution in [3.05, 3.63) is 113 Å². The Hall–Kier alpha value is -4.75. The molecule has 0 bridgehead atoms. The molecule has 256 valence electrons. The maximum absolute atomic E-state index is 14.2. The van der Waals surface area contributed by atoms with Crippen molar-refractivity contribution in [2.75, 3.05) is 32.8 Å². The molecule has 0 spiro atoms. The molecule has 2 fully saturated rings. The summed E-state index contributed by atoms with van der Waals surface area (Å²) in [4.78, 5) is 33.6. The smallest absolute Gasteiger partial charge is 0.416 e. The van der Waals surface area contributed by atoms with Crippen LogP contribution in [-0.4, -0.2) is 92.5 Å². The van der Waals surface area contributed by atoms with Crippen molar-refractivity contribution >= 4 is 11.8 Å². The van der Waals surface area contributed by atoms with Crippen LogP contribution in [0.1, 0.15) is 44.7 Å². The molecule has 4 heterocycles. The molecule has 3 aliphatic heterocycles. The quantitative estimate of drug-likeness (QED) is 0.284. The molecule has 7 rings (SSSR count). The lowest BCUT2D eigenvalue weighted by molar-refractivity contribution is -0.142. The van der Waals surface area contributed by atoms with Crippen molar-refractivity contribution in [1.29, 1.82) is 0 Å². The molecular formula is C36H37F3N6O4. The van der Waals surface area contributed by atoms with Crippen LogP contribution in [0.2, 0.25) is 0 Å². The monoisotopic (exact) mass is 674 g/mol. The highest BCUT2D eigenvalue weighted by Gasteiger charge is 2.46. The van der Waals surface area contributed by atoms with E-state index in [1.807, 2.05) is 61.5 Å². The number of benzene rings is 3. The molecule has 0 saturated carbocycles. The molecule has 0 radical (unpaired) electrons. The van der Waals surface area contributed by atoms with E-state index in [4.69, 9.17) is 9.47 Å². The second kappa shape index (κ2) is 13.6. The van der Waals surface area contributed by atoms with Crippen molar-refractivity contribution in [3.63, 3.8) is 0 Å². The average Bonchev–Trinajstić information content (AvgIpc) is 3.74. The van der Waals surface area contributed by atoms with E-state index in [2.05, 4.69) is 15.2 Å². The summed E-state index contributed by atoms with van der Waals surface area (Å²) in [5.74, 6) is -0.899. The van der Waals surface area contributed by atoms with E-state index < -0.39 is 29.8 Å². The Morgan fingerprint density at radius 2 is 1.73 bits per heavy atom. The van der Waals surface area contributed by atoms with Gasteiger partial charge in [-0.05, 0) is 41.8 Å². The Bertz CT molecular complexity index is 1820. The standard InChI is InChI=1S/C36H37F3N6O4/c1-24-7-5-6-10-26(24)18-43-19-28(40-41-43)22-48-30-16-32-35(47)44-14-13-42(17-25-8-3-2-4-9-25)20-29(44)23-49-33-12-11-27(36(37,38)39)15-31(33)34(46)45(32)21-30/h2-12,15,19,29-30,32H,13-14,16-18,20-23H2,1H3/t29-,30+,32-/m0/s1. The number of carbonyl (C=O) groups is 2. The first-order valence-electron chi connectivity index (χ1n) is 16.4. The van der Waals surface area contributed by atoms with E-state index in [9.17, 15) is 22.8 Å². The molecule has 13 heteroatoms. The molecule has 3 aliphatic rings. The van der Waals surface area contributed by atoms with Gasteiger partial charge in [0.25, 0.3) is 5.91 Å². The SMILES string of the molecule is Cc1ccccc1Cn1cc(CO[C@@H]2C[C@H]3C(=O)N4CCN(Cc5ccccc5)C[C@H]4COc4ccc(C(F)(F)F)cc4C(=O)N3C2)nn1. The molecule has 0 N–H and O–H groups in total.